The van der Waals surface area contributed by atoms with Gasteiger partial charge in [-0.2, -0.15) is 0 Å². The molecule has 0 bridgehead atoms. The third-order valence-electron chi connectivity index (χ3n) is 4.27. The summed E-state index contributed by atoms with van der Waals surface area (Å²) in [6.07, 6.45) is 3.50. The van der Waals surface area contributed by atoms with Crippen LogP contribution in [0.25, 0.3) is 11.4 Å². The van der Waals surface area contributed by atoms with Crippen molar-refractivity contribution in [2.45, 2.75) is 45.6 Å². The number of nitrogen functional groups attached to an aromatic ring is 1. The van der Waals surface area contributed by atoms with E-state index in [1.54, 1.807) is 0 Å². The van der Waals surface area contributed by atoms with Gasteiger partial charge in [-0.25, -0.2) is 4.68 Å². The van der Waals surface area contributed by atoms with Crippen molar-refractivity contribution < 1.29 is 0 Å². The molecule has 1 fully saturated rings. The van der Waals surface area contributed by atoms with Crippen molar-refractivity contribution in [1.29, 1.82) is 0 Å². The minimum absolute atomic E-state index is 0.0604. The molecule has 1 aromatic heterocycles. The van der Waals surface area contributed by atoms with Gasteiger partial charge in [0, 0.05) is 11.3 Å². The second kappa shape index (κ2) is 4.05. The van der Waals surface area contributed by atoms with Crippen LogP contribution in [0.1, 0.15) is 37.3 Å². The molecule has 1 heterocycles. The predicted molar refractivity (Wildman–Crippen MR) is 74.6 cm³/mol. The summed E-state index contributed by atoms with van der Waals surface area (Å²) in [6.45, 7) is 6.30. The standard InChI is InChI=1S/C14H19N5/c1-9-7-10(2)12(15)8-11(9)13-16-17-18-19(13)14(3)5-4-6-14/h7-8H,4-6,15H2,1-3H3. The Labute approximate surface area is 112 Å². The van der Waals surface area contributed by atoms with Gasteiger partial charge in [0.25, 0.3) is 0 Å². The number of anilines is 1. The molecule has 1 saturated carbocycles. The number of hydrogen-bond donors (Lipinski definition) is 1. The van der Waals surface area contributed by atoms with Crippen molar-refractivity contribution in [2.75, 3.05) is 5.73 Å². The predicted octanol–water partition coefficient (Wildman–Crippen LogP) is 2.44. The van der Waals surface area contributed by atoms with E-state index in [1.165, 1.54) is 6.42 Å². The summed E-state index contributed by atoms with van der Waals surface area (Å²) < 4.78 is 1.97. The third-order valence-corrected chi connectivity index (χ3v) is 4.27. The third kappa shape index (κ3) is 1.80. The quantitative estimate of drug-likeness (QED) is 0.839. The summed E-state index contributed by atoms with van der Waals surface area (Å²) in [4.78, 5) is 0. The molecule has 19 heavy (non-hydrogen) atoms. The molecule has 0 aliphatic heterocycles. The number of hydrogen-bond acceptors (Lipinski definition) is 4. The number of nitrogens with two attached hydrogens (primary N) is 1. The molecular weight excluding hydrogens is 238 g/mol. The lowest BCUT2D eigenvalue weighted by molar-refractivity contribution is 0.148. The van der Waals surface area contributed by atoms with E-state index < -0.39 is 0 Å². The number of benzene rings is 1. The lowest BCUT2D eigenvalue weighted by Gasteiger charge is -2.38. The van der Waals surface area contributed by atoms with Crippen LogP contribution in [0.2, 0.25) is 0 Å². The Morgan fingerprint density at radius 1 is 1.21 bits per heavy atom. The van der Waals surface area contributed by atoms with E-state index in [-0.39, 0.29) is 5.54 Å². The molecule has 5 nitrogen and oxygen atoms in total. The fourth-order valence-corrected chi connectivity index (χ4v) is 2.73. The number of rotatable bonds is 2. The minimum Gasteiger partial charge on any atom is -0.398 e. The number of aryl methyl sites for hydroxylation is 2. The zero-order valence-corrected chi connectivity index (χ0v) is 11.6. The zero-order valence-electron chi connectivity index (χ0n) is 11.6. The fourth-order valence-electron chi connectivity index (χ4n) is 2.73. The molecule has 0 unspecified atom stereocenters. The molecule has 1 aliphatic rings. The lowest BCUT2D eigenvalue weighted by Crippen LogP contribution is -2.38. The Morgan fingerprint density at radius 3 is 2.58 bits per heavy atom. The average molecular weight is 257 g/mol. The maximum Gasteiger partial charge on any atom is 0.182 e. The first-order valence-electron chi connectivity index (χ1n) is 6.67. The molecule has 2 N–H and O–H groups in total. The van der Waals surface area contributed by atoms with Crippen LogP contribution < -0.4 is 5.73 Å². The number of aromatic nitrogens is 4. The first-order chi connectivity index (χ1) is 9.01. The summed E-state index contributed by atoms with van der Waals surface area (Å²) in [5, 5.41) is 12.3. The molecule has 2 aromatic rings. The van der Waals surface area contributed by atoms with Crippen molar-refractivity contribution in [1.82, 2.24) is 20.2 Å². The number of nitrogens with zero attached hydrogens (tertiary/aromatic N) is 4. The van der Waals surface area contributed by atoms with E-state index in [2.05, 4.69) is 35.4 Å². The van der Waals surface area contributed by atoms with E-state index in [9.17, 15) is 0 Å². The van der Waals surface area contributed by atoms with Gasteiger partial charge in [0.05, 0.1) is 5.54 Å². The van der Waals surface area contributed by atoms with Crippen molar-refractivity contribution in [3.63, 3.8) is 0 Å². The summed E-state index contributed by atoms with van der Waals surface area (Å²) in [5.74, 6) is 0.825. The largest absolute Gasteiger partial charge is 0.398 e. The Bertz CT molecular complexity index is 625. The monoisotopic (exact) mass is 257 g/mol. The highest BCUT2D eigenvalue weighted by Crippen LogP contribution is 2.40. The highest BCUT2D eigenvalue weighted by Gasteiger charge is 2.37. The van der Waals surface area contributed by atoms with Gasteiger partial charge in [0.15, 0.2) is 5.82 Å². The van der Waals surface area contributed by atoms with Crippen molar-refractivity contribution in [3.05, 3.63) is 23.3 Å². The smallest absolute Gasteiger partial charge is 0.182 e. The molecule has 0 atom stereocenters. The van der Waals surface area contributed by atoms with Gasteiger partial charge in [-0.05, 0) is 67.7 Å². The fraction of sp³-hybridized carbons (Fsp3) is 0.500. The Kier molecular flexibility index (Phi) is 2.59. The van der Waals surface area contributed by atoms with Gasteiger partial charge in [-0.3, -0.25) is 0 Å². The Morgan fingerprint density at radius 2 is 1.95 bits per heavy atom. The van der Waals surface area contributed by atoms with E-state index in [4.69, 9.17) is 5.73 Å². The molecule has 0 spiro atoms. The zero-order chi connectivity index (χ0) is 13.6. The molecule has 100 valence electrons. The van der Waals surface area contributed by atoms with Crippen LogP contribution in [-0.4, -0.2) is 20.2 Å². The summed E-state index contributed by atoms with van der Waals surface area (Å²) >= 11 is 0. The van der Waals surface area contributed by atoms with Crippen LogP contribution in [0.3, 0.4) is 0 Å². The maximum absolute atomic E-state index is 6.02. The van der Waals surface area contributed by atoms with Gasteiger partial charge in [-0.1, -0.05) is 6.07 Å². The normalized spacial score (nSPS) is 17.2. The molecule has 1 aliphatic carbocycles. The van der Waals surface area contributed by atoms with Crippen LogP contribution >= 0.6 is 0 Å². The highest BCUT2D eigenvalue weighted by atomic mass is 15.6. The highest BCUT2D eigenvalue weighted by molar-refractivity contribution is 5.67. The first-order valence-corrected chi connectivity index (χ1v) is 6.67. The van der Waals surface area contributed by atoms with Gasteiger partial charge >= 0.3 is 0 Å². The van der Waals surface area contributed by atoms with Crippen LogP contribution in [0.5, 0.6) is 0 Å². The van der Waals surface area contributed by atoms with Gasteiger partial charge < -0.3 is 5.73 Å². The van der Waals surface area contributed by atoms with Crippen molar-refractivity contribution in [3.8, 4) is 11.4 Å². The van der Waals surface area contributed by atoms with Gasteiger partial charge in [0.2, 0.25) is 0 Å². The van der Waals surface area contributed by atoms with E-state index >= 15 is 0 Å². The lowest BCUT2D eigenvalue weighted by atomic mass is 9.78. The van der Waals surface area contributed by atoms with E-state index in [0.29, 0.717) is 0 Å². The molecule has 3 rings (SSSR count). The van der Waals surface area contributed by atoms with E-state index in [1.807, 2.05) is 17.7 Å². The summed E-state index contributed by atoms with van der Waals surface area (Å²) in [7, 11) is 0. The second-order valence-corrected chi connectivity index (χ2v) is 5.79. The van der Waals surface area contributed by atoms with Crippen LogP contribution in [0.4, 0.5) is 5.69 Å². The van der Waals surface area contributed by atoms with Crippen LogP contribution in [0, 0.1) is 13.8 Å². The minimum atomic E-state index is 0.0604. The van der Waals surface area contributed by atoms with E-state index in [0.717, 1.165) is 41.0 Å². The number of tetrazole rings is 1. The Balaban J connectivity index is 2.13. The SMILES string of the molecule is Cc1cc(C)c(-c2nnnn2C2(C)CCC2)cc1N. The molecule has 0 amide bonds. The molecule has 5 heteroatoms. The van der Waals surface area contributed by atoms with Crippen LogP contribution in [-0.2, 0) is 5.54 Å². The van der Waals surface area contributed by atoms with Gasteiger partial charge in [0.1, 0.15) is 0 Å². The van der Waals surface area contributed by atoms with Crippen LogP contribution in [0.15, 0.2) is 12.1 Å². The molecular formula is C14H19N5. The van der Waals surface area contributed by atoms with Gasteiger partial charge in [-0.15, -0.1) is 5.10 Å². The maximum atomic E-state index is 6.02. The summed E-state index contributed by atoms with van der Waals surface area (Å²) in [5.41, 5.74) is 10.1. The second-order valence-electron chi connectivity index (χ2n) is 5.79. The molecule has 0 radical (unpaired) electrons. The topological polar surface area (TPSA) is 69.6 Å². The average Bonchev–Trinajstić information content (AvgIpc) is 2.80. The summed E-state index contributed by atoms with van der Waals surface area (Å²) in [6, 6.07) is 4.07. The Hall–Kier alpha value is -1.91. The first kappa shape index (κ1) is 12.1. The van der Waals surface area contributed by atoms with Crippen molar-refractivity contribution >= 4 is 5.69 Å². The van der Waals surface area contributed by atoms with Crippen molar-refractivity contribution in [2.24, 2.45) is 0 Å². The molecule has 0 saturated heterocycles. The molecule has 1 aromatic carbocycles.